The average molecular weight is 425 g/mol. The molecule has 2 aromatic rings. The van der Waals surface area contributed by atoms with Gasteiger partial charge in [0.1, 0.15) is 0 Å². The molecule has 0 saturated carbocycles. The van der Waals surface area contributed by atoms with E-state index in [-0.39, 0.29) is 17.9 Å². The quantitative estimate of drug-likeness (QED) is 0.728. The van der Waals surface area contributed by atoms with Crippen molar-refractivity contribution in [1.82, 2.24) is 9.80 Å². The smallest absolute Gasteiger partial charge is 0.229 e. The van der Waals surface area contributed by atoms with E-state index in [2.05, 4.69) is 38.1 Å². The maximum atomic E-state index is 13.6. The highest BCUT2D eigenvalue weighted by Gasteiger charge is 2.46. The van der Waals surface area contributed by atoms with Gasteiger partial charge in [0.2, 0.25) is 11.8 Å². The number of rotatable bonds is 3. The van der Waals surface area contributed by atoms with E-state index in [4.69, 9.17) is 11.6 Å². The summed E-state index contributed by atoms with van der Waals surface area (Å²) in [6.07, 6.45) is 2.58. The van der Waals surface area contributed by atoms with Gasteiger partial charge in [-0.2, -0.15) is 0 Å². The Morgan fingerprint density at radius 3 is 2.30 bits per heavy atom. The molecule has 0 unspecified atom stereocenters. The van der Waals surface area contributed by atoms with E-state index in [1.54, 1.807) is 0 Å². The molecule has 5 heteroatoms. The molecule has 1 fully saturated rings. The maximum Gasteiger partial charge on any atom is 0.229 e. The average Bonchev–Trinajstić information content (AvgIpc) is 2.85. The van der Waals surface area contributed by atoms with Crippen LogP contribution in [0.15, 0.2) is 48.5 Å². The molecule has 30 heavy (non-hydrogen) atoms. The van der Waals surface area contributed by atoms with E-state index in [0.717, 1.165) is 24.8 Å². The number of amides is 2. The lowest BCUT2D eigenvalue weighted by Gasteiger charge is -2.43. The molecular weight excluding hydrogens is 396 g/mol. The van der Waals surface area contributed by atoms with Crippen LogP contribution in [0, 0.1) is 5.41 Å². The number of fused-ring (bicyclic) bond motifs is 1. The minimum absolute atomic E-state index is 0.120. The molecule has 2 aliphatic rings. The Bertz CT molecular complexity index is 930. The predicted octanol–water partition coefficient (Wildman–Crippen LogP) is 4.48. The van der Waals surface area contributed by atoms with Gasteiger partial charge in [-0.15, -0.1) is 0 Å². The SMILES string of the molecule is CC(C)N1Cc2ccccc2CC2(CCN(C(=O)Cc3ccc(Cl)cc3)CC2)C1=O. The highest BCUT2D eigenvalue weighted by atomic mass is 35.5. The van der Waals surface area contributed by atoms with Crippen LogP contribution in [0.25, 0.3) is 0 Å². The van der Waals surface area contributed by atoms with E-state index in [0.29, 0.717) is 31.1 Å². The first kappa shape index (κ1) is 20.9. The van der Waals surface area contributed by atoms with E-state index in [1.165, 1.54) is 11.1 Å². The number of carbonyl (C=O) groups is 2. The Labute approximate surface area is 183 Å². The summed E-state index contributed by atoms with van der Waals surface area (Å²) >= 11 is 5.95. The van der Waals surface area contributed by atoms with Crippen LogP contribution < -0.4 is 0 Å². The normalized spacial score (nSPS) is 18.5. The Morgan fingerprint density at radius 2 is 1.67 bits per heavy atom. The predicted molar refractivity (Wildman–Crippen MR) is 119 cm³/mol. The van der Waals surface area contributed by atoms with Crippen molar-refractivity contribution >= 4 is 23.4 Å². The number of hydrogen-bond donors (Lipinski definition) is 0. The standard InChI is InChI=1S/C25H29ClN2O2/c1-18(2)28-17-21-6-4-3-5-20(21)16-25(24(28)30)11-13-27(14-12-25)23(29)15-19-7-9-22(26)10-8-19/h3-10,18H,11-17H2,1-2H3. The zero-order valence-electron chi connectivity index (χ0n) is 17.7. The van der Waals surface area contributed by atoms with Crippen molar-refractivity contribution < 1.29 is 9.59 Å². The summed E-state index contributed by atoms with van der Waals surface area (Å²) < 4.78 is 0. The fraction of sp³-hybridized carbons (Fsp3) is 0.440. The molecule has 2 aromatic carbocycles. The second kappa shape index (κ2) is 8.43. The van der Waals surface area contributed by atoms with Crippen molar-refractivity contribution in [1.29, 1.82) is 0 Å². The molecule has 0 atom stereocenters. The van der Waals surface area contributed by atoms with Crippen LogP contribution >= 0.6 is 11.6 Å². The van der Waals surface area contributed by atoms with Gasteiger partial charge in [-0.1, -0.05) is 48.0 Å². The third-order valence-electron chi connectivity index (χ3n) is 6.67. The summed E-state index contributed by atoms with van der Waals surface area (Å²) in [5.41, 5.74) is 3.08. The minimum atomic E-state index is -0.409. The molecule has 0 N–H and O–H groups in total. The summed E-state index contributed by atoms with van der Waals surface area (Å²) in [7, 11) is 0. The monoisotopic (exact) mass is 424 g/mol. The summed E-state index contributed by atoms with van der Waals surface area (Å²) in [5, 5.41) is 0.674. The lowest BCUT2D eigenvalue weighted by atomic mass is 9.72. The Kier molecular flexibility index (Phi) is 5.88. The minimum Gasteiger partial charge on any atom is -0.342 e. The largest absolute Gasteiger partial charge is 0.342 e. The molecule has 2 amide bonds. The van der Waals surface area contributed by atoms with Crippen LogP contribution in [0.2, 0.25) is 5.02 Å². The van der Waals surface area contributed by atoms with Crippen LogP contribution in [0.5, 0.6) is 0 Å². The Morgan fingerprint density at radius 1 is 1.03 bits per heavy atom. The summed E-state index contributed by atoms with van der Waals surface area (Å²) in [5.74, 6) is 0.368. The molecule has 0 bridgehead atoms. The summed E-state index contributed by atoms with van der Waals surface area (Å²) in [6, 6.07) is 16.0. The van der Waals surface area contributed by atoms with Gasteiger partial charge in [0.15, 0.2) is 0 Å². The summed E-state index contributed by atoms with van der Waals surface area (Å²) in [4.78, 5) is 30.4. The molecule has 2 aliphatic heterocycles. The van der Waals surface area contributed by atoms with Crippen molar-refractivity contribution in [2.75, 3.05) is 13.1 Å². The zero-order chi connectivity index (χ0) is 21.3. The molecule has 1 spiro atoms. The molecule has 2 heterocycles. The van der Waals surface area contributed by atoms with Gasteiger partial charge in [-0.25, -0.2) is 0 Å². The second-order valence-electron chi connectivity index (χ2n) is 8.94. The first-order valence-corrected chi connectivity index (χ1v) is 11.2. The van der Waals surface area contributed by atoms with Crippen molar-refractivity contribution in [3.05, 3.63) is 70.2 Å². The lowest BCUT2D eigenvalue weighted by Crippen LogP contribution is -2.52. The molecule has 4 nitrogen and oxygen atoms in total. The van der Waals surface area contributed by atoms with Crippen molar-refractivity contribution in [2.24, 2.45) is 5.41 Å². The number of benzene rings is 2. The number of piperidine rings is 1. The van der Waals surface area contributed by atoms with Crippen molar-refractivity contribution in [2.45, 2.75) is 52.1 Å². The molecule has 0 aliphatic carbocycles. The van der Waals surface area contributed by atoms with Crippen LogP contribution in [0.4, 0.5) is 0 Å². The first-order chi connectivity index (χ1) is 14.4. The molecule has 4 rings (SSSR count). The molecule has 158 valence electrons. The Hall–Kier alpha value is -2.33. The van der Waals surface area contributed by atoms with E-state index >= 15 is 0 Å². The summed E-state index contributed by atoms with van der Waals surface area (Å²) in [6.45, 7) is 6.11. The number of carbonyl (C=O) groups excluding carboxylic acids is 2. The fourth-order valence-electron chi connectivity index (χ4n) is 4.76. The zero-order valence-corrected chi connectivity index (χ0v) is 18.5. The molecule has 0 radical (unpaired) electrons. The van der Waals surface area contributed by atoms with Gasteiger partial charge >= 0.3 is 0 Å². The number of halogens is 1. The second-order valence-corrected chi connectivity index (χ2v) is 9.37. The molecular formula is C25H29ClN2O2. The third-order valence-corrected chi connectivity index (χ3v) is 6.92. The van der Waals surface area contributed by atoms with Crippen LogP contribution in [-0.2, 0) is 29.0 Å². The molecule has 1 saturated heterocycles. The van der Waals surface area contributed by atoms with Gasteiger partial charge in [0.25, 0.3) is 0 Å². The van der Waals surface area contributed by atoms with Gasteiger partial charge in [0.05, 0.1) is 11.8 Å². The highest BCUT2D eigenvalue weighted by Crippen LogP contribution is 2.41. The first-order valence-electron chi connectivity index (χ1n) is 10.8. The number of likely N-dealkylation sites (tertiary alicyclic amines) is 1. The van der Waals surface area contributed by atoms with E-state index in [9.17, 15) is 9.59 Å². The van der Waals surface area contributed by atoms with Crippen LogP contribution in [0.1, 0.15) is 43.4 Å². The van der Waals surface area contributed by atoms with Crippen molar-refractivity contribution in [3.8, 4) is 0 Å². The number of nitrogens with zero attached hydrogens (tertiary/aromatic N) is 2. The highest BCUT2D eigenvalue weighted by molar-refractivity contribution is 6.30. The third kappa shape index (κ3) is 4.11. The van der Waals surface area contributed by atoms with Gasteiger partial charge in [0, 0.05) is 30.7 Å². The fourth-order valence-corrected chi connectivity index (χ4v) is 4.89. The topological polar surface area (TPSA) is 40.6 Å². The molecule has 0 aromatic heterocycles. The van der Waals surface area contributed by atoms with Gasteiger partial charge < -0.3 is 9.80 Å². The maximum absolute atomic E-state index is 13.6. The number of hydrogen-bond acceptors (Lipinski definition) is 2. The van der Waals surface area contributed by atoms with Crippen LogP contribution in [-0.4, -0.2) is 40.7 Å². The van der Waals surface area contributed by atoms with E-state index < -0.39 is 5.41 Å². The lowest BCUT2D eigenvalue weighted by molar-refractivity contribution is -0.149. The Balaban J connectivity index is 1.50. The van der Waals surface area contributed by atoms with Crippen LogP contribution in [0.3, 0.4) is 0 Å². The van der Waals surface area contributed by atoms with Gasteiger partial charge in [-0.05, 0) is 61.9 Å². The van der Waals surface area contributed by atoms with Gasteiger partial charge in [-0.3, -0.25) is 9.59 Å². The van der Waals surface area contributed by atoms with Crippen molar-refractivity contribution in [3.63, 3.8) is 0 Å². The van der Waals surface area contributed by atoms with E-state index in [1.807, 2.05) is 34.1 Å².